The molecule has 0 radical (unpaired) electrons. The number of aryl methyl sites for hydroxylation is 1. The number of methoxy groups -OCH3 is 1. The molecule has 1 rings (SSSR count). The minimum Gasteiger partial charge on any atom is -0.469 e. The van der Waals surface area contributed by atoms with E-state index >= 15 is 0 Å². The number of carbonyl (C=O) groups excluding carboxylic acids is 1. The maximum absolute atomic E-state index is 13.4. The molecule has 2 N–H and O–H groups in total. The molecule has 0 bridgehead atoms. The molecule has 94 valence electrons. The van der Waals surface area contributed by atoms with Crippen molar-refractivity contribution in [1.29, 1.82) is 0 Å². The summed E-state index contributed by atoms with van der Waals surface area (Å²) in [5.74, 6) is -4.01. The summed E-state index contributed by atoms with van der Waals surface area (Å²) in [7, 11) is 1.23. The first-order valence-corrected chi connectivity index (χ1v) is 4.96. The Morgan fingerprint density at radius 1 is 1.35 bits per heavy atom. The van der Waals surface area contributed by atoms with Crippen LogP contribution in [0, 0.1) is 17.5 Å². The molecule has 1 aromatic rings. The lowest BCUT2D eigenvalue weighted by atomic mass is 10.1. The Morgan fingerprint density at radius 3 is 2.59 bits per heavy atom. The summed E-state index contributed by atoms with van der Waals surface area (Å²) in [6.45, 7) is 0. The Morgan fingerprint density at radius 2 is 2.00 bits per heavy atom. The first kappa shape index (κ1) is 13.3. The van der Waals surface area contributed by atoms with Crippen LogP contribution in [0.4, 0.5) is 18.9 Å². The third kappa shape index (κ3) is 3.12. The summed E-state index contributed by atoms with van der Waals surface area (Å²) in [5.41, 5.74) is 4.17. The average Bonchev–Trinajstić information content (AvgIpc) is 2.32. The second-order valence-corrected chi connectivity index (χ2v) is 3.49. The van der Waals surface area contributed by atoms with Gasteiger partial charge in [-0.25, -0.2) is 13.2 Å². The Labute approximate surface area is 96.4 Å². The van der Waals surface area contributed by atoms with Crippen molar-refractivity contribution in [3.05, 3.63) is 29.1 Å². The van der Waals surface area contributed by atoms with E-state index in [1.54, 1.807) is 0 Å². The van der Waals surface area contributed by atoms with E-state index in [9.17, 15) is 18.0 Å². The molecule has 0 heterocycles. The molecule has 1 aromatic carbocycles. The van der Waals surface area contributed by atoms with Crippen LogP contribution in [0.1, 0.15) is 18.4 Å². The van der Waals surface area contributed by atoms with E-state index in [-0.39, 0.29) is 24.8 Å². The zero-order valence-electron chi connectivity index (χ0n) is 9.23. The molecule has 0 saturated carbocycles. The fourth-order valence-electron chi connectivity index (χ4n) is 1.38. The highest BCUT2D eigenvalue weighted by Gasteiger charge is 2.16. The van der Waals surface area contributed by atoms with Gasteiger partial charge in [0.25, 0.3) is 0 Å². The van der Waals surface area contributed by atoms with Gasteiger partial charge in [-0.05, 0) is 24.5 Å². The van der Waals surface area contributed by atoms with E-state index in [1.165, 1.54) is 7.11 Å². The lowest BCUT2D eigenvalue weighted by Gasteiger charge is -2.07. The van der Waals surface area contributed by atoms with Crippen LogP contribution in [0.15, 0.2) is 6.07 Å². The van der Waals surface area contributed by atoms with E-state index in [4.69, 9.17) is 5.73 Å². The monoisotopic (exact) mass is 247 g/mol. The van der Waals surface area contributed by atoms with Crippen molar-refractivity contribution < 1.29 is 22.7 Å². The molecule has 0 amide bonds. The number of benzene rings is 1. The lowest BCUT2D eigenvalue weighted by molar-refractivity contribution is -0.140. The zero-order chi connectivity index (χ0) is 13.0. The Hall–Kier alpha value is -1.72. The highest BCUT2D eigenvalue weighted by atomic mass is 19.2. The first-order valence-electron chi connectivity index (χ1n) is 4.96. The van der Waals surface area contributed by atoms with Crippen molar-refractivity contribution >= 4 is 11.7 Å². The fraction of sp³-hybridized carbons (Fsp3) is 0.364. The normalized spacial score (nSPS) is 10.4. The molecule has 0 aliphatic rings. The molecule has 0 unspecified atom stereocenters. The van der Waals surface area contributed by atoms with Crippen LogP contribution in [0.5, 0.6) is 0 Å². The topological polar surface area (TPSA) is 52.3 Å². The number of anilines is 1. The summed E-state index contributed by atoms with van der Waals surface area (Å²) >= 11 is 0. The van der Waals surface area contributed by atoms with Crippen LogP contribution in [0.2, 0.25) is 0 Å². The van der Waals surface area contributed by atoms with Gasteiger partial charge >= 0.3 is 5.97 Å². The lowest BCUT2D eigenvalue weighted by Crippen LogP contribution is -2.05. The second kappa shape index (κ2) is 5.56. The number of hydrogen-bond donors (Lipinski definition) is 1. The maximum Gasteiger partial charge on any atom is 0.305 e. The van der Waals surface area contributed by atoms with Crippen LogP contribution in [-0.4, -0.2) is 13.1 Å². The van der Waals surface area contributed by atoms with E-state index < -0.39 is 29.1 Å². The van der Waals surface area contributed by atoms with Crippen LogP contribution in [0.25, 0.3) is 0 Å². The largest absolute Gasteiger partial charge is 0.469 e. The van der Waals surface area contributed by atoms with Crippen LogP contribution in [0.3, 0.4) is 0 Å². The van der Waals surface area contributed by atoms with Crippen molar-refractivity contribution in [1.82, 2.24) is 0 Å². The van der Waals surface area contributed by atoms with Gasteiger partial charge in [0.15, 0.2) is 17.5 Å². The van der Waals surface area contributed by atoms with Crippen molar-refractivity contribution in [2.45, 2.75) is 19.3 Å². The second-order valence-electron chi connectivity index (χ2n) is 3.49. The van der Waals surface area contributed by atoms with Crippen molar-refractivity contribution in [2.75, 3.05) is 12.8 Å². The van der Waals surface area contributed by atoms with Gasteiger partial charge in [-0.1, -0.05) is 0 Å². The molecule has 0 aliphatic carbocycles. The minimum atomic E-state index is -1.39. The predicted molar refractivity (Wildman–Crippen MR) is 55.7 cm³/mol. The molecule has 17 heavy (non-hydrogen) atoms. The standard InChI is InChI=1S/C11H12F3NO2/c1-17-8(16)4-2-3-6-5-7(12)10(14)11(15)9(6)13/h5H,2-4,15H2,1H3. The molecule has 0 saturated heterocycles. The number of rotatable bonds is 4. The Balaban J connectivity index is 2.75. The third-order valence-corrected chi connectivity index (χ3v) is 2.32. The van der Waals surface area contributed by atoms with Crippen molar-refractivity contribution in [3.8, 4) is 0 Å². The number of halogens is 3. The first-order chi connectivity index (χ1) is 7.97. The summed E-state index contributed by atoms with van der Waals surface area (Å²) in [6.07, 6.45) is 0.436. The Bertz CT molecular complexity index is 435. The third-order valence-electron chi connectivity index (χ3n) is 2.32. The van der Waals surface area contributed by atoms with Gasteiger partial charge in [0.1, 0.15) is 5.69 Å². The minimum absolute atomic E-state index is 0.0506. The molecule has 0 spiro atoms. The van der Waals surface area contributed by atoms with Crippen LogP contribution < -0.4 is 5.73 Å². The van der Waals surface area contributed by atoms with Gasteiger partial charge < -0.3 is 10.5 Å². The molecular formula is C11H12F3NO2. The van der Waals surface area contributed by atoms with Gasteiger partial charge in [0, 0.05) is 6.42 Å². The van der Waals surface area contributed by atoms with Gasteiger partial charge in [-0.15, -0.1) is 0 Å². The summed E-state index contributed by atoms with van der Waals surface area (Å²) < 4.78 is 43.6. The number of nitrogens with two attached hydrogens (primary N) is 1. The molecule has 0 aromatic heterocycles. The molecule has 0 atom stereocenters. The molecule has 0 fully saturated rings. The van der Waals surface area contributed by atoms with E-state index in [0.717, 1.165) is 6.07 Å². The maximum atomic E-state index is 13.4. The highest BCUT2D eigenvalue weighted by Crippen LogP contribution is 2.23. The van der Waals surface area contributed by atoms with Gasteiger partial charge in [0.05, 0.1) is 7.11 Å². The highest BCUT2D eigenvalue weighted by molar-refractivity contribution is 5.69. The smallest absolute Gasteiger partial charge is 0.305 e. The van der Waals surface area contributed by atoms with E-state index in [0.29, 0.717) is 0 Å². The SMILES string of the molecule is COC(=O)CCCc1cc(F)c(F)c(N)c1F. The number of nitrogen functional groups attached to an aromatic ring is 1. The fourth-order valence-corrected chi connectivity index (χ4v) is 1.38. The number of ether oxygens (including phenoxy) is 1. The number of carbonyl (C=O) groups is 1. The van der Waals surface area contributed by atoms with Crippen LogP contribution in [-0.2, 0) is 16.0 Å². The summed E-state index contributed by atoms with van der Waals surface area (Å²) in [5, 5.41) is 0. The molecule has 0 aliphatic heterocycles. The molecule has 6 heteroatoms. The van der Waals surface area contributed by atoms with Gasteiger partial charge in [-0.3, -0.25) is 4.79 Å². The van der Waals surface area contributed by atoms with Crippen molar-refractivity contribution in [3.63, 3.8) is 0 Å². The number of hydrogen-bond acceptors (Lipinski definition) is 3. The molecule has 3 nitrogen and oxygen atoms in total. The van der Waals surface area contributed by atoms with E-state index in [2.05, 4.69) is 4.74 Å². The Kier molecular flexibility index (Phi) is 4.37. The summed E-state index contributed by atoms with van der Waals surface area (Å²) in [6, 6.07) is 0.748. The van der Waals surface area contributed by atoms with Gasteiger partial charge in [0.2, 0.25) is 0 Å². The quantitative estimate of drug-likeness (QED) is 0.504. The zero-order valence-corrected chi connectivity index (χ0v) is 9.23. The average molecular weight is 247 g/mol. The predicted octanol–water partition coefficient (Wildman–Crippen LogP) is 2.18. The van der Waals surface area contributed by atoms with E-state index in [1.807, 2.05) is 0 Å². The van der Waals surface area contributed by atoms with Crippen LogP contribution >= 0.6 is 0 Å². The molecular weight excluding hydrogens is 235 g/mol. The summed E-state index contributed by atoms with van der Waals surface area (Å²) in [4.78, 5) is 10.8. The number of esters is 1. The van der Waals surface area contributed by atoms with Gasteiger partial charge in [-0.2, -0.15) is 0 Å². The van der Waals surface area contributed by atoms with Crippen molar-refractivity contribution in [2.24, 2.45) is 0 Å².